The van der Waals surface area contributed by atoms with E-state index in [2.05, 4.69) is 21.7 Å². The fourth-order valence-corrected chi connectivity index (χ4v) is 5.60. The summed E-state index contributed by atoms with van der Waals surface area (Å²) in [5.41, 5.74) is 5.36. The molecule has 0 saturated carbocycles. The second kappa shape index (κ2) is 9.00. The molecule has 0 unspecified atom stereocenters. The highest BCUT2D eigenvalue weighted by Crippen LogP contribution is 2.36. The van der Waals surface area contributed by atoms with Gasteiger partial charge in [0.25, 0.3) is 5.91 Å². The Morgan fingerprint density at radius 2 is 1.82 bits per heavy atom. The molecule has 0 aliphatic rings. The zero-order valence-electron chi connectivity index (χ0n) is 18.0. The molecular weight excluding hydrogens is 509 g/mol. The topological polar surface area (TPSA) is 67.2 Å². The molecule has 0 aliphatic heterocycles. The minimum absolute atomic E-state index is 0.164. The van der Waals surface area contributed by atoms with Gasteiger partial charge in [0.05, 0.1) is 5.02 Å². The van der Waals surface area contributed by atoms with Gasteiger partial charge in [-0.15, -0.1) is 11.3 Å². The number of nitrogens with one attached hydrogen (secondary N) is 2. The molecule has 1 amide bonds. The van der Waals surface area contributed by atoms with E-state index < -0.39 is 0 Å². The lowest BCUT2D eigenvalue weighted by Crippen LogP contribution is -2.33. The number of amides is 1. The van der Waals surface area contributed by atoms with Gasteiger partial charge in [-0.2, -0.15) is 0 Å². The van der Waals surface area contributed by atoms with E-state index in [9.17, 15) is 4.79 Å². The van der Waals surface area contributed by atoms with Crippen molar-refractivity contribution < 1.29 is 9.21 Å². The summed E-state index contributed by atoms with van der Waals surface area (Å²) in [7, 11) is 0. The summed E-state index contributed by atoms with van der Waals surface area (Å²) >= 11 is 19.0. The molecule has 0 fully saturated rings. The van der Waals surface area contributed by atoms with Crippen LogP contribution in [0.4, 0.5) is 5.69 Å². The number of rotatable bonds is 3. The van der Waals surface area contributed by atoms with Crippen LogP contribution >= 0.6 is 46.8 Å². The van der Waals surface area contributed by atoms with Crippen LogP contribution < -0.4 is 10.6 Å². The van der Waals surface area contributed by atoms with E-state index in [1.54, 1.807) is 18.2 Å². The highest BCUT2D eigenvalue weighted by atomic mass is 35.5. The Hall–Kier alpha value is -2.97. The van der Waals surface area contributed by atoms with Crippen LogP contribution in [0.1, 0.15) is 20.8 Å². The van der Waals surface area contributed by atoms with Crippen LogP contribution in [0.5, 0.6) is 0 Å². The second-order valence-electron chi connectivity index (χ2n) is 7.82. The van der Waals surface area contributed by atoms with Crippen molar-refractivity contribution in [1.82, 2.24) is 10.3 Å². The van der Waals surface area contributed by atoms with Crippen molar-refractivity contribution in [2.24, 2.45) is 0 Å². The predicted molar refractivity (Wildman–Crippen MR) is 144 cm³/mol. The third kappa shape index (κ3) is 4.40. The van der Waals surface area contributed by atoms with Crippen molar-refractivity contribution in [2.75, 3.05) is 5.32 Å². The summed E-state index contributed by atoms with van der Waals surface area (Å²) < 4.78 is 6.81. The minimum Gasteiger partial charge on any atom is -0.436 e. The van der Waals surface area contributed by atoms with Gasteiger partial charge in [-0.05, 0) is 79.7 Å². The van der Waals surface area contributed by atoms with Gasteiger partial charge in [0.1, 0.15) is 10.4 Å². The number of aryl methyl sites for hydroxylation is 2. The Labute approximate surface area is 214 Å². The molecule has 0 aliphatic carbocycles. The highest BCUT2D eigenvalue weighted by molar-refractivity contribution is 7.80. The summed E-state index contributed by atoms with van der Waals surface area (Å²) in [6.07, 6.45) is 0. The molecule has 2 aromatic heterocycles. The number of hydrogen-bond acceptors (Lipinski definition) is 5. The van der Waals surface area contributed by atoms with Gasteiger partial charge >= 0.3 is 0 Å². The highest BCUT2D eigenvalue weighted by Gasteiger charge is 2.18. The van der Waals surface area contributed by atoms with Crippen molar-refractivity contribution >= 4 is 84.6 Å². The zero-order chi connectivity index (χ0) is 24.0. The maximum atomic E-state index is 12.7. The summed E-state index contributed by atoms with van der Waals surface area (Å²) in [6.45, 7) is 4.04. The van der Waals surface area contributed by atoms with Crippen LogP contribution in [0, 0.1) is 13.8 Å². The fraction of sp³-hybridized carbons (Fsp3) is 0.0800. The number of oxazole rings is 1. The average Bonchev–Trinajstić information content (AvgIpc) is 3.35. The maximum Gasteiger partial charge on any atom is 0.269 e. The average molecular weight is 526 g/mol. The molecule has 5 aromatic rings. The van der Waals surface area contributed by atoms with Crippen LogP contribution in [0.2, 0.25) is 10.0 Å². The van der Waals surface area contributed by atoms with Crippen LogP contribution in [0.25, 0.3) is 32.6 Å². The molecule has 9 heteroatoms. The Morgan fingerprint density at radius 3 is 2.59 bits per heavy atom. The van der Waals surface area contributed by atoms with Gasteiger partial charge < -0.3 is 9.73 Å². The molecule has 5 nitrogen and oxygen atoms in total. The molecule has 0 atom stereocenters. The van der Waals surface area contributed by atoms with E-state index in [0.717, 1.165) is 37.9 Å². The van der Waals surface area contributed by atoms with Crippen LogP contribution in [0.3, 0.4) is 0 Å². The predicted octanol–water partition coefficient (Wildman–Crippen LogP) is 7.76. The third-order valence-corrected chi connectivity index (χ3v) is 7.33. The molecular formula is C25H17Cl2N3O2S2. The number of aromatic nitrogens is 1. The van der Waals surface area contributed by atoms with Gasteiger partial charge in [-0.3, -0.25) is 10.1 Å². The molecule has 0 bridgehead atoms. The lowest BCUT2D eigenvalue weighted by Gasteiger charge is -2.09. The first-order valence-electron chi connectivity index (χ1n) is 10.3. The number of hydrogen-bond donors (Lipinski definition) is 2. The summed E-state index contributed by atoms with van der Waals surface area (Å²) in [4.78, 5) is 17.7. The number of thiophene rings is 1. The van der Waals surface area contributed by atoms with E-state index in [0.29, 0.717) is 26.5 Å². The molecule has 5 rings (SSSR count). The molecule has 0 spiro atoms. The summed E-state index contributed by atoms with van der Waals surface area (Å²) in [6, 6.07) is 16.8. The lowest BCUT2D eigenvalue weighted by molar-refractivity contribution is 0.0982. The number of thiocarbonyl (C=S) groups is 1. The van der Waals surface area contributed by atoms with Crippen molar-refractivity contribution in [3.8, 4) is 11.5 Å². The monoisotopic (exact) mass is 525 g/mol. The van der Waals surface area contributed by atoms with Crippen molar-refractivity contribution in [3.63, 3.8) is 0 Å². The molecule has 34 heavy (non-hydrogen) atoms. The van der Waals surface area contributed by atoms with Crippen molar-refractivity contribution in [3.05, 3.63) is 80.6 Å². The van der Waals surface area contributed by atoms with Gasteiger partial charge in [-0.25, -0.2) is 4.98 Å². The minimum atomic E-state index is -0.381. The van der Waals surface area contributed by atoms with Gasteiger partial charge in [0, 0.05) is 26.4 Å². The van der Waals surface area contributed by atoms with Gasteiger partial charge in [0.2, 0.25) is 5.89 Å². The Morgan fingerprint density at radius 1 is 1.06 bits per heavy atom. The first-order chi connectivity index (χ1) is 16.3. The second-order valence-corrected chi connectivity index (χ2v) is 10.1. The van der Waals surface area contributed by atoms with E-state index >= 15 is 0 Å². The first kappa shape index (κ1) is 22.8. The summed E-state index contributed by atoms with van der Waals surface area (Å²) in [5, 5.41) is 7.60. The number of nitrogens with zero attached hydrogens (tertiary/aromatic N) is 1. The van der Waals surface area contributed by atoms with Crippen LogP contribution in [-0.2, 0) is 0 Å². The molecule has 170 valence electrons. The van der Waals surface area contributed by atoms with Crippen molar-refractivity contribution in [2.45, 2.75) is 13.8 Å². The standard InChI is InChI=1S/C25H17Cl2N3O2S2/c1-12-9-13(2)21-18(10-12)29-24(32-21)14-3-6-16(7-4-14)28-25(33)30-23(31)22-20(27)17-8-5-15(26)11-19(17)34-22/h3-11H,1-2H3,(H2,28,30,31,33). The van der Waals surface area contributed by atoms with Crippen molar-refractivity contribution in [1.29, 1.82) is 0 Å². The van der Waals surface area contributed by atoms with Gasteiger partial charge in [0.15, 0.2) is 10.7 Å². The molecule has 0 radical (unpaired) electrons. The van der Waals surface area contributed by atoms with Crippen LogP contribution in [0.15, 0.2) is 59.0 Å². The lowest BCUT2D eigenvalue weighted by atomic mass is 10.1. The van der Waals surface area contributed by atoms with E-state index in [1.165, 1.54) is 11.3 Å². The number of halogens is 2. The number of carbonyl (C=O) groups is 1. The maximum absolute atomic E-state index is 12.7. The Balaban J connectivity index is 1.29. The van der Waals surface area contributed by atoms with Crippen LogP contribution in [-0.4, -0.2) is 16.0 Å². The third-order valence-electron chi connectivity index (χ3n) is 5.23. The molecule has 2 heterocycles. The Bertz CT molecular complexity index is 1590. The van der Waals surface area contributed by atoms with Gasteiger partial charge in [-0.1, -0.05) is 35.3 Å². The normalized spacial score (nSPS) is 11.2. The SMILES string of the molecule is Cc1cc(C)c2oc(-c3ccc(NC(=S)NC(=O)c4sc5cc(Cl)ccc5c4Cl)cc3)nc2c1. The quantitative estimate of drug-likeness (QED) is 0.235. The molecule has 0 saturated heterocycles. The van der Waals surface area contributed by atoms with E-state index in [4.69, 9.17) is 39.8 Å². The van der Waals surface area contributed by atoms with E-state index in [1.807, 2.05) is 44.2 Å². The fourth-order valence-electron chi connectivity index (χ4n) is 3.70. The zero-order valence-corrected chi connectivity index (χ0v) is 21.2. The largest absolute Gasteiger partial charge is 0.436 e. The summed E-state index contributed by atoms with van der Waals surface area (Å²) in [5.74, 6) is 0.166. The first-order valence-corrected chi connectivity index (χ1v) is 12.2. The van der Waals surface area contributed by atoms with E-state index in [-0.39, 0.29) is 11.0 Å². The number of anilines is 1. The molecule has 2 N–H and O–H groups in total. The Kier molecular flexibility index (Phi) is 6.04. The number of fused-ring (bicyclic) bond motifs is 2. The smallest absolute Gasteiger partial charge is 0.269 e. The number of benzene rings is 3. The number of carbonyl (C=O) groups excluding carboxylic acids is 1. The molecule has 3 aromatic carbocycles.